The fourth-order valence-electron chi connectivity index (χ4n) is 1.87. The highest BCUT2D eigenvalue weighted by atomic mass is 32.2. The lowest BCUT2D eigenvalue weighted by atomic mass is 10.1. The molecule has 116 valence electrons. The molecule has 7 heteroatoms. The number of hydrogen-bond acceptors (Lipinski definition) is 2. The zero-order valence-corrected chi connectivity index (χ0v) is 12.3. The van der Waals surface area contributed by atoms with E-state index in [0.717, 1.165) is 0 Å². The molecule has 0 heterocycles. The molecule has 0 bridgehead atoms. The largest absolute Gasteiger partial charge is 0.322 e. The van der Waals surface area contributed by atoms with Gasteiger partial charge in [0.05, 0.1) is 11.3 Å². The van der Waals surface area contributed by atoms with Crippen molar-refractivity contribution in [1.29, 1.82) is 0 Å². The van der Waals surface area contributed by atoms with Gasteiger partial charge in [0.25, 0.3) is 5.91 Å². The summed E-state index contributed by atoms with van der Waals surface area (Å²) in [6.07, 6.45) is 1.51. The van der Waals surface area contributed by atoms with Crippen molar-refractivity contribution < 1.29 is 22.2 Å². The van der Waals surface area contributed by atoms with Crippen LogP contribution >= 0.6 is 0 Å². The molecule has 0 fully saturated rings. The van der Waals surface area contributed by atoms with Crippen LogP contribution in [0.25, 0.3) is 0 Å². The minimum Gasteiger partial charge on any atom is -0.322 e. The highest BCUT2D eigenvalue weighted by Crippen LogP contribution is 2.20. The summed E-state index contributed by atoms with van der Waals surface area (Å²) in [4.78, 5) is 12.0. The van der Waals surface area contributed by atoms with E-state index in [1.54, 1.807) is 24.3 Å². The molecule has 1 amide bonds. The molecular formula is C15H12F3NO2S. The van der Waals surface area contributed by atoms with E-state index < -0.39 is 39.7 Å². The molecule has 1 atom stereocenters. The number of amides is 1. The predicted molar refractivity (Wildman–Crippen MR) is 78.5 cm³/mol. The number of hydrogen-bond donors (Lipinski definition) is 1. The fraction of sp³-hybridized carbons (Fsp3) is 0.133. The first-order valence-electron chi connectivity index (χ1n) is 6.22. The molecule has 1 unspecified atom stereocenters. The number of para-hydroxylation sites is 1. The van der Waals surface area contributed by atoms with E-state index in [-0.39, 0.29) is 5.75 Å². The SMILES string of the molecule is CS(=O)Cc1ccccc1NC(=O)c1cc(F)c(F)cc1F. The maximum atomic E-state index is 13.6. The summed E-state index contributed by atoms with van der Waals surface area (Å²) in [6, 6.07) is 7.38. The van der Waals surface area contributed by atoms with Gasteiger partial charge in [0, 0.05) is 28.8 Å². The molecule has 0 spiro atoms. The first-order valence-corrected chi connectivity index (χ1v) is 7.95. The topological polar surface area (TPSA) is 46.2 Å². The number of nitrogens with one attached hydrogen (secondary N) is 1. The maximum Gasteiger partial charge on any atom is 0.258 e. The molecule has 22 heavy (non-hydrogen) atoms. The van der Waals surface area contributed by atoms with E-state index in [1.165, 1.54) is 6.26 Å². The first kappa shape index (κ1) is 16.2. The second-order valence-corrected chi connectivity index (χ2v) is 6.01. The van der Waals surface area contributed by atoms with E-state index in [4.69, 9.17) is 0 Å². The van der Waals surface area contributed by atoms with Gasteiger partial charge in [-0.05, 0) is 17.7 Å². The van der Waals surface area contributed by atoms with Crippen molar-refractivity contribution in [2.24, 2.45) is 0 Å². The Morgan fingerprint density at radius 1 is 1.09 bits per heavy atom. The zero-order valence-electron chi connectivity index (χ0n) is 11.5. The van der Waals surface area contributed by atoms with Gasteiger partial charge in [-0.25, -0.2) is 13.2 Å². The van der Waals surface area contributed by atoms with E-state index in [2.05, 4.69) is 5.32 Å². The van der Waals surface area contributed by atoms with Gasteiger partial charge in [-0.15, -0.1) is 0 Å². The second kappa shape index (κ2) is 6.74. The summed E-state index contributed by atoms with van der Waals surface area (Å²) in [5.74, 6) is -4.54. The lowest BCUT2D eigenvalue weighted by Crippen LogP contribution is -2.16. The summed E-state index contributed by atoms with van der Waals surface area (Å²) in [7, 11) is -1.13. The Bertz CT molecular complexity index is 750. The van der Waals surface area contributed by atoms with Crippen LogP contribution in [0.3, 0.4) is 0 Å². The number of anilines is 1. The quantitative estimate of drug-likeness (QED) is 0.877. The third-order valence-electron chi connectivity index (χ3n) is 2.88. The van der Waals surface area contributed by atoms with Gasteiger partial charge in [0.1, 0.15) is 5.82 Å². The van der Waals surface area contributed by atoms with E-state index in [0.29, 0.717) is 23.4 Å². The molecule has 0 saturated carbocycles. The third kappa shape index (κ3) is 3.73. The Hall–Kier alpha value is -2.15. The van der Waals surface area contributed by atoms with Crippen molar-refractivity contribution >= 4 is 22.4 Å². The standard InChI is InChI=1S/C15H12F3NO2S/c1-22(21)8-9-4-2-3-5-14(9)19-15(20)10-6-12(17)13(18)7-11(10)16/h2-7H,8H2,1H3,(H,19,20). The van der Waals surface area contributed by atoms with Crippen LogP contribution in [-0.4, -0.2) is 16.4 Å². The minimum atomic E-state index is -1.36. The first-order chi connectivity index (χ1) is 10.4. The molecular weight excluding hydrogens is 315 g/mol. The summed E-state index contributed by atoms with van der Waals surface area (Å²) >= 11 is 0. The van der Waals surface area contributed by atoms with Crippen LogP contribution < -0.4 is 5.32 Å². The smallest absolute Gasteiger partial charge is 0.258 e. The molecule has 2 aromatic carbocycles. The molecule has 0 aliphatic carbocycles. The lowest BCUT2D eigenvalue weighted by Gasteiger charge is -2.11. The van der Waals surface area contributed by atoms with Crippen LogP contribution in [-0.2, 0) is 16.6 Å². The highest BCUT2D eigenvalue weighted by molar-refractivity contribution is 7.83. The zero-order chi connectivity index (χ0) is 16.3. The van der Waals surface area contributed by atoms with Crippen LogP contribution in [0.2, 0.25) is 0 Å². The molecule has 0 saturated heterocycles. The van der Waals surface area contributed by atoms with Crippen molar-refractivity contribution in [3.8, 4) is 0 Å². The summed E-state index contributed by atoms with van der Waals surface area (Å²) in [6.45, 7) is 0. The van der Waals surface area contributed by atoms with Crippen LogP contribution in [0.4, 0.5) is 18.9 Å². The summed E-state index contributed by atoms with van der Waals surface area (Å²) in [5, 5.41) is 2.42. The molecule has 0 aliphatic heterocycles. The Kier molecular flexibility index (Phi) is 4.97. The summed E-state index contributed by atoms with van der Waals surface area (Å²) < 4.78 is 50.9. The van der Waals surface area contributed by atoms with Crippen LogP contribution in [0, 0.1) is 17.5 Å². The van der Waals surface area contributed by atoms with Gasteiger partial charge in [0.2, 0.25) is 0 Å². The number of carbonyl (C=O) groups is 1. The average molecular weight is 327 g/mol. The van der Waals surface area contributed by atoms with Crippen molar-refractivity contribution in [1.82, 2.24) is 0 Å². The Morgan fingerprint density at radius 3 is 2.41 bits per heavy atom. The average Bonchev–Trinajstić information content (AvgIpc) is 2.44. The molecule has 3 nitrogen and oxygen atoms in total. The Morgan fingerprint density at radius 2 is 1.73 bits per heavy atom. The predicted octanol–water partition coefficient (Wildman–Crippen LogP) is 3.23. The van der Waals surface area contributed by atoms with Gasteiger partial charge in [-0.2, -0.15) is 0 Å². The molecule has 2 rings (SSSR count). The normalized spacial score (nSPS) is 12.0. The molecule has 0 aliphatic rings. The Balaban J connectivity index is 2.30. The highest BCUT2D eigenvalue weighted by Gasteiger charge is 2.17. The molecule has 1 N–H and O–H groups in total. The van der Waals surface area contributed by atoms with Crippen molar-refractivity contribution in [3.05, 3.63) is 65.0 Å². The molecule has 0 radical (unpaired) electrons. The van der Waals surface area contributed by atoms with E-state index >= 15 is 0 Å². The monoisotopic (exact) mass is 327 g/mol. The third-order valence-corrected chi connectivity index (χ3v) is 3.60. The summed E-state index contributed by atoms with van der Waals surface area (Å²) in [5.41, 5.74) is 0.331. The van der Waals surface area contributed by atoms with Gasteiger partial charge >= 0.3 is 0 Å². The van der Waals surface area contributed by atoms with Crippen molar-refractivity contribution in [2.75, 3.05) is 11.6 Å². The van der Waals surface area contributed by atoms with E-state index in [9.17, 15) is 22.2 Å². The van der Waals surface area contributed by atoms with Crippen molar-refractivity contribution in [2.45, 2.75) is 5.75 Å². The van der Waals surface area contributed by atoms with Crippen LogP contribution in [0.15, 0.2) is 36.4 Å². The number of rotatable bonds is 4. The van der Waals surface area contributed by atoms with Gasteiger partial charge in [-0.3, -0.25) is 9.00 Å². The van der Waals surface area contributed by atoms with Gasteiger partial charge in [-0.1, -0.05) is 18.2 Å². The van der Waals surface area contributed by atoms with Crippen LogP contribution in [0.1, 0.15) is 15.9 Å². The lowest BCUT2D eigenvalue weighted by molar-refractivity contribution is 0.102. The van der Waals surface area contributed by atoms with E-state index in [1.807, 2.05) is 0 Å². The number of benzene rings is 2. The van der Waals surface area contributed by atoms with Crippen LogP contribution in [0.5, 0.6) is 0 Å². The van der Waals surface area contributed by atoms with Gasteiger partial charge in [0.15, 0.2) is 11.6 Å². The maximum absolute atomic E-state index is 13.6. The molecule has 0 aromatic heterocycles. The van der Waals surface area contributed by atoms with Gasteiger partial charge < -0.3 is 5.32 Å². The Labute approximate surface area is 127 Å². The molecule has 2 aromatic rings. The number of carbonyl (C=O) groups excluding carboxylic acids is 1. The minimum absolute atomic E-state index is 0.205. The fourth-order valence-corrected chi connectivity index (χ4v) is 2.56. The van der Waals surface area contributed by atoms with Crippen molar-refractivity contribution in [3.63, 3.8) is 0 Å². The number of halogens is 3. The second-order valence-electron chi connectivity index (χ2n) is 4.57.